The molecule has 1 unspecified atom stereocenters. The summed E-state index contributed by atoms with van der Waals surface area (Å²) >= 11 is 0. The standard InChI is InChI=1S/C14H20N4O3/c19-14(12-10-21-6-3-15-12)17-13-2-1-11(9-16-13)18-4-7-20-8-5-18/h1-2,9,12,15H,3-8,10H2,(H,16,17,19). The fourth-order valence-electron chi connectivity index (χ4n) is 2.42. The first-order valence-corrected chi connectivity index (χ1v) is 7.24. The number of ether oxygens (including phenoxy) is 2. The van der Waals surface area contributed by atoms with Crippen LogP contribution in [-0.2, 0) is 14.3 Å². The van der Waals surface area contributed by atoms with Gasteiger partial charge in [-0.2, -0.15) is 0 Å². The first kappa shape index (κ1) is 14.2. The molecule has 2 aliphatic rings. The molecule has 1 aromatic rings. The number of nitrogens with one attached hydrogen (secondary N) is 2. The SMILES string of the molecule is O=C(Nc1ccc(N2CCOCC2)cn1)C1COCCN1. The summed E-state index contributed by atoms with van der Waals surface area (Å²) in [6.45, 7) is 4.97. The number of hydrogen-bond acceptors (Lipinski definition) is 6. The molecule has 2 N–H and O–H groups in total. The van der Waals surface area contributed by atoms with Crippen molar-refractivity contribution in [3.8, 4) is 0 Å². The predicted molar refractivity (Wildman–Crippen MR) is 78.5 cm³/mol. The van der Waals surface area contributed by atoms with Crippen LogP contribution in [0.4, 0.5) is 11.5 Å². The highest BCUT2D eigenvalue weighted by atomic mass is 16.5. The molecular formula is C14H20N4O3. The number of morpholine rings is 2. The molecule has 1 amide bonds. The van der Waals surface area contributed by atoms with E-state index in [-0.39, 0.29) is 11.9 Å². The van der Waals surface area contributed by atoms with Crippen LogP contribution in [-0.4, -0.2) is 63.0 Å². The van der Waals surface area contributed by atoms with Crippen LogP contribution in [0.1, 0.15) is 0 Å². The lowest BCUT2D eigenvalue weighted by Gasteiger charge is -2.28. The van der Waals surface area contributed by atoms with Gasteiger partial charge >= 0.3 is 0 Å². The summed E-state index contributed by atoms with van der Waals surface area (Å²) in [5.41, 5.74) is 1.05. The van der Waals surface area contributed by atoms with E-state index in [4.69, 9.17) is 9.47 Å². The summed E-state index contributed by atoms with van der Waals surface area (Å²) in [5.74, 6) is 0.450. The molecule has 1 aromatic heterocycles. The molecule has 114 valence electrons. The van der Waals surface area contributed by atoms with Crippen molar-refractivity contribution in [2.75, 3.05) is 56.3 Å². The first-order valence-electron chi connectivity index (χ1n) is 7.24. The Morgan fingerprint density at radius 1 is 1.29 bits per heavy atom. The van der Waals surface area contributed by atoms with Crippen molar-refractivity contribution >= 4 is 17.4 Å². The van der Waals surface area contributed by atoms with Crippen molar-refractivity contribution < 1.29 is 14.3 Å². The highest BCUT2D eigenvalue weighted by molar-refractivity contribution is 5.94. The van der Waals surface area contributed by atoms with Crippen LogP contribution < -0.4 is 15.5 Å². The van der Waals surface area contributed by atoms with Crippen LogP contribution in [0.2, 0.25) is 0 Å². The summed E-state index contributed by atoms with van der Waals surface area (Å²) < 4.78 is 10.6. The molecule has 7 nitrogen and oxygen atoms in total. The van der Waals surface area contributed by atoms with Gasteiger partial charge < -0.3 is 25.0 Å². The zero-order valence-corrected chi connectivity index (χ0v) is 11.9. The third kappa shape index (κ3) is 3.69. The number of hydrogen-bond donors (Lipinski definition) is 2. The first-order chi connectivity index (χ1) is 10.3. The topological polar surface area (TPSA) is 75.7 Å². The van der Waals surface area contributed by atoms with E-state index < -0.39 is 0 Å². The van der Waals surface area contributed by atoms with Gasteiger partial charge in [-0.3, -0.25) is 4.79 Å². The van der Waals surface area contributed by atoms with Crippen molar-refractivity contribution in [2.45, 2.75) is 6.04 Å². The van der Waals surface area contributed by atoms with Gasteiger partial charge in [0.05, 0.1) is 38.3 Å². The summed E-state index contributed by atoms with van der Waals surface area (Å²) in [6.07, 6.45) is 1.78. The number of pyridine rings is 1. The van der Waals surface area contributed by atoms with E-state index in [2.05, 4.69) is 20.5 Å². The maximum absolute atomic E-state index is 12.0. The molecule has 3 heterocycles. The number of carbonyl (C=O) groups excluding carboxylic acids is 1. The maximum atomic E-state index is 12.0. The summed E-state index contributed by atoms with van der Waals surface area (Å²) in [5, 5.41) is 5.92. The maximum Gasteiger partial charge on any atom is 0.245 e. The Hall–Kier alpha value is -1.70. The van der Waals surface area contributed by atoms with Crippen molar-refractivity contribution in [3.63, 3.8) is 0 Å². The van der Waals surface area contributed by atoms with E-state index in [0.717, 1.165) is 32.0 Å². The predicted octanol–water partition coefficient (Wildman–Crippen LogP) is -0.155. The molecule has 2 fully saturated rings. The number of carbonyl (C=O) groups is 1. The molecule has 1 atom stereocenters. The molecule has 0 aromatic carbocycles. The molecule has 2 aliphatic heterocycles. The zero-order chi connectivity index (χ0) is 14.5. The van der Waals surface area contributed by atoms with Crippen LogP contribution in [0.5, 0.6) is 0 Å². The molecule has 7 heteroatoms. The second kappa shape index (κ2) is 6.84. The lowest BCUT2D eigenvalue weighted by atomic mass is 10.2. The van der Waals surface area contributed by atoms with E-state index in [0.29, 0.717) is 25.6 Å². The monoisotopic (exact) mass is 292 g/mol. The number of aromatic nitrogens is 1. The van der Waals surface area contributed by atoms with Crippen LogP contribution >= 0.6 is 0 Å². The highest BCUT2D eigenvalue weighted by Crippen LogP contribution is 2.16. The van der Waals surface area contributed by atoms with Gasteiger partial charge in [-0.25, -0.2) is 4.98 Å². The van der Waals surface area contributed by atoms with Gasteiger partial charge in [0.1, 0.15) is 11.9 Å². The fraction of sp³-hybridized carbons (Fsp3) is 0.571. The highest BCUT2D eigenvalue weighted by Gasteiger charge is 2.21. The smallest absolute Gasteiger partial charge is 0.245 e. The fourth-order valence-corrected chi connectivity index (χ4v) is 2.42. The Bertz CT molecular complexity index is 468. The number of anilines is 2. The van der Waals surface area contributed by atoms with Gasteiger partial charge in [-0.15, -0.1) is 0 Å². The molecule has 0 bridgehead atoms. The number of nitrogens with zero attached hydrogens (tertiary/aromatic N) is 2. The van der Waals surface area contributed by atoms with Crippen molar-refractivity contribution in [3.05, 3.63) is 18.3 Å². The minimum atomic E-state index is -0.306. The Kier molecular flexibility index (Phi) is 4.64. The second-order valence-corrected chi connectivity index (χ2v) is 5.07. The molecule has 2 saturated heterocycles. The van der Waals surface area contributed by atoms with Crippen LogP contribution in [0.15, 0.2) is 18.3 Å². The average molecular weight is 292 g/mol. The van der Waals surface area contributed by atoms with Gasteiger partial charge in [-0.05, 0) is 12.1 Å². The summed E-state index contributed by atoms with van der Waals surface area (Å²) in [6, 6.07) is 3.49. The summed E-state index contributed by atoms with van der Waals surface area (Å²) in [7, 11) is 0. The van der Waals surface area contributed by atoms with E-state index in [1.807, 2.05) is 12.1 Å². The normalized spacial score (nSPS) is 22.9. The van der Waals surface area contributed by atoms with E-state index >= 15 is 0 Å². The van der Waals surface area contributed by atoms with E-state index in [1.165, 1.54) is 0 Å². The Morgan fingerprint density at radius 2 is 2.14 bits per heavy atom. The average Bonchev–Trinajstić information content (AvgIpc) is 2.57. The van der Waals surface area contributed by atoms with Crippen LogP contribution in [0, 0.1) is 0 Å². The third-order valence-electron chi connectivity index (χ3n) is 3.61. The van der Waals surface area contributed by atoms with Gasteiger partial charge in [-0.1, -0.05) is 0 Å². The number of rotatable bonds is 3. The molecule has 3 rings (SSSR count). The van der Waals surface area contributed by atoms with Gasteiger partial charge in [0.15, 0.2) is 0 Å². The van der Waals surface area contributed by atoms with Gasteiger partial charge in [0.25, 0.3) is 0 Å². The molecule has 0 aliphatic carbocycles. The zero-order valence-electron chi connectivity index (χ0n) is 11.9. The minimum Gasteiger partial charge on any atom is -0.378 e. The van der Waals surface area contributed by atoms with Crippen molar-refractivity contribution in [1.82, 2.24) is 10.3 Å². The van der Waals surface area contributed by atoms with Gasteiger partial charge in [0, 0.05) is 19.6 Å². The van der Waals surface area contributed by atoms with Crippen molar-refractivity contribution in [2.24, 2.45) is 0 Å². The lowest BCUT2D eigenvalue weighted by Crippen LogP contribution is -2.48. The van der Waals surface area contributed by atoms with Crippen LogP contribution in [0.25, 0.3) is 0 Å². The largest absolute Gasteiger partial charge is 0.378 e. The van der Waals surface area contributed by atoms with E-state index in [1.54, 1.807) is 6.20 Å². The summed E-state index contributed by atoms with van der Waals surface area (Å²) in [4.78, 5) is 18.6. The van der Waals surface area contributed by atoms with Crippen molar-refractivity contribution in [1.29, 1.82) is 0 Å². The third-order valence-corrected chi connectivity index (χ3v) is 3.61. The molecular weight excluding hydrogens is 272 g/mol. The van der Waals surface area contributed by atoms with Gasteiger partial charge in [0.2, 0.25) is 5.91 Å². The molecule has 0 saturated carbocycles. The Labute approximate surface area is 123 Å². The van der Waals surface area contributed by atoms with E-state index in [9.17, 15) is 4.79 Å². The molecule has 0 radical (unpaired) electrons. The quantitative estimate of drug-likeness (QED) is 0.806. The minimum absolute atomic E-state index is 0.110. The Balaban J connectivity index is 1.57. The lowest BCUT2D eigenvalue weighted by molar-refractivity contribution is -0.120. The van der Waals surface area contributed by atoms with Crippen LogP contribution in [0.3, 0.4) is 0 Å². The Morgan fingerprint density at radius 3 is 2.81 bits per heavy atom. The molecule has 0 spiro atoms. The number of amides is 1. The molecule has 21 heavy (non-hydrogen) atoms. The second-order valence-electron chi connectivity index (χ2n) is 5.07.